The molecule has 0 fully saturated rings. The van der Waals surface area contributed by atoms with E-state index in [1.54, 1.807) is 11.3 Å². The molecular formula is C11H11ClN2S. The lowest BCUT2D eigenvalue weighted by Crippen LogP contribution is -1.84. The van der Waals surface area contributed by atoms with Gasteiger partial charge >= 0.3 is 0 Å². The molecule has 15 heavy (non-hydrogen) atoms. The quantitative estimate of drug-likeness (QED) is 0.764. The Hall–Kier alpha value is -0.930. The highest BCUT2D eigenvalue weighted by atomic mass is 35.5. The SMILES string of the molecule is ClCCCc1nnc(-c2ccccc2)s1. The highest BCUT2D eigenvalue weighted by Gasteiger charge is 2.05. The van der Waals surface area contributed by atoms with Crippen molar-refractivity contribution < 1.29 is 0 Å². The van der Waals surface area contributed by atoms with E-state index in [9.17, 15) is 0 Å². The fourth-order valence-electron chi connectivity index (χ4n) is 1.27. The minimum Gasteiger partial charge on any atom is -0.143 e. The van der Waals surface area contributed by atoms with Crippen LogP contribution in [0.3, 0.4) is 0 Å². The maximum atomic E-state index is 5.63. The Morgan fingerprint density at radius 3 is 2.67 bits per heavy atom. The fraction of sp³-hybridized carbons (Fsp3) is 0.273. The molecule has 0 amide bonds. The lowest BCUT2D eigenvalue weighted by atomic mass is 10.2. The number of hydrogen-bond acceptors (Lipinski definition) is 3. The van der Waals surface area contributed by atoms with E-state index in [4.69, 9.17) is 11.6 Å². The zero-order valence-corrected chi connectivity index (χ0v) is 9.76. The summed E-state index contributed by atoms with van der Waals surface area (Å²) in [5, 5.41) is 10.4. The minimum absolute atomic E-state index is 0.681. The Kier molecular flexibility index (Phi) is 3.69. The number of benzene rings is 1. The van der Waals surface area contributed by atoms with Gasteiger partial charge in [-0.1, -0.05) is 41.7 Å². The van der Waals surface area contributed by atoms with Crippen molar-refractivity contribution in [3.8, 4) is 10.6 Å². The van der Waals surface area contributed by atoms with Gasteiger partial charge in [0, 0.05) is 17.9 Å². The molecule has 0 unspecified atom stereocenters. The van der Waals surface area contributed by atoms with Gasteiger partial charge < -0.3 is 0 Å². The van der Waals surface area contributed by atoms with Gasteiger partial charge in [0.25, 0.3) is 0 Å². The number of aromatic nitrogens is 2. The molecule has 0 bridgehead atoms. The molecule has 0 N–H and O–H groups in total. The Labute approximate surface area is 97.9 Å². The fourth-order valence-corrected chi connectivity index (χ4v) is 2.29. The topological polar surface area (TPSA) is 25.8 Å². The number of aryl methyl sites for hydroxylation is 1. The average Bonchev–Trinajstić information content (AvgIpc) is 2.76. The van der Waals surface area contributed by atoms with Crippen LogP contribution >= 0.6 is 22.9 Å². The first-order valence-corrected chi connectivity index (χ1v) is 6.19. The van der Waals surface area contributed by atoms with Crippen molar-refractivity contribution in [2.75, 3.05) is 5.88 Å². The van der Waals surface area contributed by atoms with Crippen LogP contribution in [0, 0.1) is 0 Å². The highest BCUT2D eigenvalue weighted by Crippen LogP contribution is 2.23. The molecule has 1 aromatic carbocycles. The number of nitrogens with zero attached hydrogens (tertiary/aromatic N) is 2. The van der Waals surface area contributed by atoms with E-state index in [2.05, 4.69) is 10.2 Å². The molecule has 0 aliphatic heterocycles. The normalized spacial score (nSPS) is 10.5. The molecular weight excluding hydrogens is 228 g/mol. The molecule has 0 spiro atoms. The molecule has 0 saturated heterocycles. The van der Waals surface area contributed by atoms with Gasteiger partial charge in [-0.15, -0.1) is 21.8 Å². The van der Waals surface area contributed by atoms with E-state index < -0.39 is 0 Å². The molecule has 0 radical (unpaired) electrons. The van der Waals surface area contributed by atoms with Crippen molar-refractivity contribution in [3.63, 3.8) is 0 Å². The Morgan fingerprint density at radius 2 is 1.93 bits per heavy atom. The summed E-state index contributed by atoms with van der Waals surface area (Å²) in [6, 6.07) is 10.1. The smallest absolute Gasteiger partial charge is 0.143 e. The summed E-state index contributed by atoms with van der Waals surface area (Å²) in [5.41, 5.74) is 1.13. The molecule has 2 rings (SSSR count). The van der Waals surface area contributed by atoms with Crippen molar-refractivity contribution >= 4 is 22.9 Å². The largest absolute Gasteiger partial charge is 0.147 e. The zero-order valence-electron chi connectivity index (χ0n) is 8.19. The van der Waals surface area contributed by atoms with Gasteiger partial charge in [0.05, 0.1) is 0 Å². The zero-order chi connectivity index (χ0) is 10.5. The molecule has 2 aromatic rings. The summed E-state index contributed by atoms with van der Waals surface area (Å²) in [6.45, 7) is 0. The van der Waals surface area contributed by atoms with Crippen LogP contribution in [0.1, 0.15) is 11.4 Å². The average molecular weight is 239 g/mol. The van der Waals surface area contributed by atoms with Crippen LogP contribution in [0.25, 0.3) is 10.6 Å². The van der Waals surface area contributed by atoms with Gasteiger partial charge in [-0.2, -0.15) is 0 Å². The first-order valence-electron chi connectivity index (χ1n) is 4.84. The van der Waals surface area contributed by atoms with Crippen LogP contribution < -0.4 is 0 Å². The van der Waals surface area contributed by atoms with Gasteiger partial charge in [-0.05, 0) is 6.42 Å². The summed E-state index contributed by atoms with van der Waals surface area (Å²) in [7, 11) is 0. The van der Waals surface area contributed by atoms with Gasteiger partial charge in [0.15, 0.2) is 0 Å². The molecule has 4 heteroatoms. The summed E-state index contributed by atoms with van der Waals surface area (Å²) in [5.74, 6) is 0.681. The number of alkyl halides is 1. The first kappa shape index (κ1) is 10.6. The van der Waals surface area contributed by atoms with Gasteiger partial charge in [-0.3, -0.25) is 0 Å². The Balaban J connectivity index is 2.14. The molecule has 1 aromatic heterocycles. The monoisotopic (exact) mass is 238 g/mol. The summed E-state index contributed by atoms with van der Waals surface area (Å²) in [6.07, 6.45) is 1.89. The highest BCUT2D eigenvalue weighted by molar-refractivity contribution is 7.14. The van der Waals surface area contributed by atoms with Crippen LogP contribution in [0.2, 0.25) is 0 Å². The van der Waals surface area contributed by atoms with Crippen LogP contribution in [0.15, 0.2) is 30.3 Å². The molecule has 0 atom stereocenters. The second-order valence-corrected chi connectivity index (χ2v) is 4.60. The predicted molar refractivity (Wildman–Crippen MR) is 64.4 cm³/mol. The van der Waals surface area contributed by atoms with Gasteiger partial charge in [0.2, 0.25) is 0 Å². The van der Waals surface area contributed by atoms with Crippen LogP contribution in [0.4, 0.5) is 0 Å². The van der Waals surface area contributed by atoms with Gasteiger partial charge in [0.1, 0.15) is 10.0 Å². The second kappa shape index (κ2) is 5.24. The maximum Gasteiger partial charge on any atom is 0.147 e. The standard InChI is InChI=1S/C11H11ClN2S/c12-8-4-7-10-13-14-11(15-10)9-5-2-1-3-6-9/h1-3,5-6H,4,7-8H2. The van der Waals surface area contributed by atoms with Crippen LogP contribution in [-0.2, 0) is 6.42 Å². The molecule has 0 aliphatic rings. The Bertz CT molecular complexity index is 414. The van der Waals surface area contributed by atoms with Crippen molar-refractivity contribution in [2.45, 2.75) is 12.8 Å². The van der Waals surface area contributed by atoms with Crippen LogP contribution in [-0.4, -0.2) is 16.1 Å². The van der Waals surface area contributed by atoms with Crippen molar-refractivity contribution in [1.82, 2.24) is 10.2 Å². The van der Waals surface area contributed by atoms with Crippen LogP contribution in [0.5, 0.6) is 0 Å². The number of halogens is 1. The molecule has 1 heterocycles. The number of rotatable bonds is 4. The van der Waals surface area contributed by atoms with E-state index in [0.29, 0.717) is 5.88 Å². The molecule has 0 saturated carbocycles. The lowest BCUT2D eigenvalue weighted by Gasteiger charge is -1.91. The van der Waals surface area contributed by atoms with Crippen molar-refractivity contribution in [2.24, 2.45) is 0 Å². The summed E-state index contributed by atoms with van der Waals surface area (Å²) >= 11 is 7.28. The maximum absolute atomic E-state index is 5.63. The minimum atomic E-state index is 0.681. The third-order valence-electron chi connectivity index (χ3n) is 2.01. The molecule has 2 nitrogen and oxygen atoms in total. The Morgan fingerprint density at radius 1 is 1.13 bits per heavy atom. The van der Waals surface area contributed by atoms with E-state index >= 15 is 0 Å². The van der Waals surface area contributed by atoms with E-state index in [1.165, 1.54) is 0 Å². The number of hydrogen-bond donors (Lipinski definition) is 0. The summed E-state index contributed by atoms with van der Waals surface area (Å²) in [4.78, 5) is 0. The van der Waals surface area contributed by atoms with Gasteiger partial charge in [-0.25, -0.2) is 0 Å². The molecule has 78 valence electrons. The predicted octanol–water partition coefficient (Wildman–Crippen LogP) is 3.38. The molecule has 0 aliphatic carbocycles. The first-order chi connectivity index (χ1) is 7.40. The van der Waals surface area contributed by atoms with Crippen molar-refractivity contribution in [1.29, 1.82) is 0 Å². The van der Waals surface area contributed by atoms with E-state index in [-0.39, 0.29) is 0 Å². The van der Waals surface area contributed by atoms with E-state index in [0.717, 1.165) is 28.4 Å². The second-order valence-electron chi connectivity index (χ2n) is 3.16. The van der Waals surface area contributed by atoms with E-state index in [1.807, 2.05) is 30.3 Å². The third kappa shape index (κ3) is 2.76. The summed E-state index contributed by atoms with van der Waals surface area (Å²) < 4.78 is 0. The third-order valence-corrected chi connectivity index (χ3v) is 3.31. The van der Waals surface area contributed by atoms with Crippen molar-refractivity contribution in [3.05, 3.63) is 35.3 Å². The lowest BCUT2D eigenvalue weighted by molar-refractivity contribution is 0.884.